The van der Waals surface area contributed by atoms with Crippen molar-refractivity contribution in [2.75, 3.05) is 5.32 Å². The number of carbonyl (C=O) groups excluding carboxylic acids is 1. The first kappa shape index (κ1) is 9.78. The fourth-order valence-corrected chi connectivity index (χ4v) is 1.22. The Balaban J connectivity index is 3.03. The van der Waals surface area contributed by atoms with Crippen molar-refractivity contribution in [2.24, 2.45) is 0 Å². The van der Waals surface area contributed by atoms with Gasteiger partial charge in [0.2, 0.25) is 6.41 Å². The maximum absolute atomic E-state index is 10.3. The second-order valence-electron chi connectivity index (χ2n) is 3.49. The molecule has 0 saturated carbocycles. The van der Waals surface area contributed by atoms with E-state index in [1.165, 1.54) is 5.56 Å². The first-order valence-electron chi connectivity index (χ1n) is 4.46. The molecule has 0 aliphatic heterocycles. The molecule has 0 saturated heterocycles. The average molecular weight is 177 g/mol. The van der Waals surface area contributed by atoms with Crippen LogP contribution in [0.5, 0.6) is 0 Å². The number of carbonyl (C=O) groups is 1. The molecular weight excluding hydrogens is 162 g/mol. The van der Waals surface area contributed by atoms with E-state index in [1.54, 1.807) is 0 Å². The highest BCUT2D eigenvalue weighted by atomic mass is 16.1. The predicted molar refractivity (Wildman–Crippen MR) is 55.0 cm³/mol. The number of hydrogen-bond acceptors (Lipinski definition) is 1. The van der Waals surface area contributed by atoms with Crippen LogP contribution in [0.3, 0.4) is 0 Å². The molecule has 1 aromatic rings. The summed E-state index contributed by atoms with van der Waals surface area (Å²) in [5.74, 6) is 0.493. The molecule has 0 fully saturated rings. The van der Waals surface area contributed by atoms with Gasteiger partial charge in [0.05, 0.1) is 0 Å². The Kier molecular flexibility index (Phi) is 3.07. The van der Waals surface area contributed by atoms with Gasteiger partial charge in [0.1, 0.15) is 0 Å². The van der Waals surface area contributed by atoms with Crippen LogP contribution in [0.25, 0.3) is 0 Å². The normalized spacial score (nSPS) is 10.2. The quantitative estimate of drug-likeness (QED) is 0.706. The lowest BCUT2D eigenvalue weighted by atomic mass is 10.0. The second kappa shape index (κ2) is 4.08. The summed E-state index contributed by atoms with van der Waals surface area (Å²) in [6.45, 7) is 6.25. The van der Waals surface area contributed by atoms with Crippen molar-refractivity contribution < 1.29 is 4.79 Å². The highest BCUT2D eigenvalue weighted by Gasteiger charge is 2.02. The van der Waals surface area contributed by atoms with Crippen molar-refractivity contribution >= 4 is 12.1 Å². The monoisotopic (exact) mass is 177 g/mol. The van der Waals surface area contributed by atoms with Crippen LogP contribution < -0.4 is 5.32 Å². The summed E-state index contributed by atoms with van der Waals surface area (Å²) in [4.78, 5) is 10.3. The number of rotatable bonds is 3. The molecule has 1 aromatic carbocycles. The van der Waals surface area contributed by atoms with Crippen molar-refractivity contribution in [2.45, 2.75) is 26.7 Å². The zero-order valence-electron chi connectivity index (χ0n) is 8.29. The van der Waals surface area contributed by atoms with Crippen molar-refractivity contribution in [1.29, 1.82) is 0 Å². The van der Waals surface area contributed by atoms with E-state index >= 15 is 0 Å². The summed E-state index contributed by atoms with van der Waals surface area (Å²) >= 11 is 0. The van der Waals surface area contributed by atoms with Crippen molar-refractivity contribution in [3.8, 4) is 0 Å². The lowest BCUT2D eigenvalue weighted by Crippen LogP contribution is -1.98. The first-order valence-corrected chi connectivity index (χ1v) is 4.46. The molecular formula is C11H15NO. The summed E-state index contributed by atoms with van der Waals surface area (Å²) in [6.07, 6.45) is 0.715. The van der Waals surface area contributed by atoms with Gasteiger partial charge in [0.15, 0.2) is 0 Å². The van der Waals surface area contributed by atoms with Crippen LogP contribution in [0.15, 0.2) is 18.2 Å². The molecule has 1 amide bonds. The van der Waals surface area contributed by atoms with E-state index in [-0.39, 0.29) is 0 Å². The number of anilines is 1. The van der Waals surface area contributed by atoms with E-state index in [9.17, 15) is 4.79 Å². The van der Waals surface area contributed by atoms with Crippen LogP contribution in [0.4, 0.5) is 5.69 Å². The van der Waals surface area contributed by atoms with Gasteiger partial charge in [-0.25, -0.2) is 0 Å². The van der Waals surface area contributed by atoms with Gasteiger partial charge in [-0.05, 0) is 30.0 Å². The third-order valence-electron chi connectivity index (χ3n) is 2.14. The molecule has 2 nitrogen and oxygen atoms in total. The molecule has 1 N–H and O–H groups in total. The van der Waals surface area contributed by atoms with Crippen LogP contribution >= 0.6 is 0 Å². The zero-order chi connectivity index (χ0) is 9.84. The molecule has 0 atom stereocenters. The topological polar surface area (TPSA) is 29.1 Å². The second-order valence-corrected chi connectivity index (χ2v) is 3.49. The van der Waals surface area contributed by atoms with Crippen LogP contribution in [-0.2, 0) is 4.79 Å². The number of aryl methyl sites for hydroxylation is 1. The van der Waals surface area contributed by atoms with E-state index in [1.807, 2.05) is 19.1 Å². The third-order valence-corrected chi connectivity index (χ3v) is 2.14. The van der Waals surface area contributed by atoms with E-state index in [2.05, 4.69) is 25.2 Å². The number of amides is 1. The highest BCUT2D eigenvalue weighted by molar-refractivity contribution is 5.73. The maximum atomic E-state index is 10.3. The first-order chi connectivity index (χ1) is 6.15. The molecule has 2 heteroatoms. The van der Waals surface area contributed by atoms with Gasteiger partial charge in [-0.2, -0.15) is 0 Å². The van der Waals surface area contributed by atoms with E-state index in [0.717, 1.165) is 11.3 Å². The lowest BCUT2D eigenvalue weighted by molar-refractivity contribution is -0.105. The SMILES string of the molecule is Cc1ccc(C(C)C)cc1NC=O. The Bertz CT molecular complexity index is 305. The van der Waals surface area contributed by atoms with Gasteiger partial charge in [0, 0.05) is 5.69 Å². The summed E-state index contributed by atoms with van der Waals surface area (Å²) < 4.78 is 0. The van der Waals surface area contributed by atoms with Gasteiger partial charge < -0.3 is 5.32 Å². The molecule has 0 aromatic heterocycles. The Morgan fingerprint density at radius 2 is 2.08 bits per heavy atom. The maximum Gasteiger partial charge on any atom is 0.211 e. The van der Waals surface area contributed by atoms with E-state index in [0.29, 0.717) is 12.3 Å². The van der Waals surface area contributed by atoms with Gasteiger partial charge in [0.25, 0.3) is 0 Å². The molecule has 0 radical (unpaired) electrons. The van der Waals surface area contributed by atoms with Crippen LogP contribution in [0.2, 0.25) is 0 Å². The Labute approximate surface area is 79.0 Å². The number of benzene rings is 1. The van der Waals surface area contributed by atoms with Gasteiger partial charge in [-0.15, -0.1) is 0 Å². The summed E-state index contributed by atoms with van der Waals surface area (Å²) in [6, 6.07) is 6.14. The highest BCUT2D eigenvalue weighted by Crippen LogP contribution is 2.21. The van der Waals surface area contributed by atoms with Crippen LogP contribution in [-0.4, -0.2) is 6.41 Å². The molecule has 0 aliphatic carbocycles. The number of hydrogen-bond donors (Lipinski definition) is 1. The molecule has 0 aliphatic rings. The Hall–Kier alpha value is -1.31. The van der Waals surface area contributed by atoms with Crippen molar-refractivity contribution in [3.05, 3.63) is 29.3 Å². The van der Waals surface area contributed by atoms with Crippen LogP contribution in [0, 0.1) is 6.92 Å². The predicted octanol–water partition coefficient (Wildman–Crippen LogP) is 2.69. The van der Waals surface area contributed by atoms with Crippen LogP contribution in [0.1, 0.15) is 30.9 Å². The minimum absolute atomic E-state index is 0.493. The lowest BCUT2D eigenvalue weighted by Gasteiger charge is -2.09. The summed E-state index contributed by atoms with van der Waals surface area (Å²) in [5, 5.41) is 2.69. The largest absolute Gasteiger partial charge is 0.328 e. The zero-order valence-corrected chi connectivity index (χ0v) is 8.29. The number of nitrogens with one attached hydrogen (secondary N) is 1. The smallest absolute Gasteiger partial charge is 0.211 e. The Morgan fingerprint density at radius 3 is 2.62 bits per heavy atom. The summed E-state index contributed by atoms with van der Waals surface area (Å²) in [5.41, 5.74) is 3.24. The molecule has 13 heavy (non-hydrogen) atoms. The van der Waals surface area contributed by atoms with E-state index in [4.69, 9.17) is 0 Å². The average Bonchev–Trinajstić information content (AvgIpc) is 2.08. The Morgan fingerprint density at radius 1 is 1.38 bits per heavy atom. The minimum Gasteiger partial charge on any atom is -0.328 e. The fourth-order valence-electron chi connectivity index (χ4n) is 1.22. The minimum atomic E-state index is 0.493. The van der Waals surface area contributed by atoms with Crippen molar-refractivity contribution in [3.63, 3.8) is 0 Å². The molecule has 0 spiro atoms. The molecule has 0 bridgehead atoms. The van der Waals surface area contributed by atoms with Gasteiger partial charge in [-0.3, -0.25) is 4.79 Å². The molecule has 70 valence electrons. The summed E-state index contributed by atoms with van der Waals surface area (Å²) in [7, 11) is 0. The molecule has 0 heterocycles. The molecule has 0 unspecified atom stereocenters. The third kappa shape index (κ3) is 2.31. The molecule has 1 rings (SSSR count). The van der Waals surface area contributed by atoms with Gasteiger partial charge in [-0.1, -0.05) is 26.0 Å². The fraction of sp³-hybridized carbons (Fsp3) is 0.364. The van der Waals surface area contributed by atoms with Gasteiger partial charge >= 0.3 is 0 Å². The standard InChI is InChI=1S/C11H15NO/c1-8(2)10-5-4-9(3)11(6-10)12-7-13/h4-8H,1-3H3,(H,12,13). The van der Waals surface area contributed by atoms with Crippen molar-refractivity contribution in [1.82, 2.24) is 0 Å². The van der Waals surface area contributed by atoms with E-state index < -0.39 is 0 Å².